The first-order valence-electron chi connectivity index (χ1n) is 11.7. The van der Waals surface area contributed by atoms with Gasteiger partial charge in [-0.15, -0.1) is 0 Å². The Morgan fingerprint density at radius 3 is 2.22 bits per heavy atom. The Hall–Kier alpha value is -4.49. The highest BCUT2D eigenvalue weighted by Crippen LogP contribution is 2.25. The van der Waals surface area contributed by atoms with Crippen LogP contribution in [0.5, 0.6) is 0 Å². The molecule has 186 valence electrons. The van der Waals surface area contributed by atoms with Gasteiger partial charge in [-0.3, -0.25) is 0 Å². The van der Waals surface area contributed by atoms with Gasteiger partial charge in [-0.05, 0) is 49.4 Å². The molecule has 0 aliphatic carbocycles. The van der Waals surface area contributed by atoms with Crippen molar-refractivity contribution in [2.45, 2.75) is 6.92 Å². The van der Waals surface area contributed by atoms with Gasteiger partial charge in [0.15, 0.2) is 0 Å². The van der Waals surface area contributed by atoms with Crippen LogP contribution in [-0.4, -0.2) is 46.1 Å². The Balaban J connectivity index is 1.40. The molecule has 37 heavy (non-hydrogen) atoms. The predicted molar refractivity (Wildman–Crippen MR) is 142 cm³/mol. The number of rotatable bonds is 6. The number of nitriles is 1. The average Bonchev–Trinajstić information content (AvgIpc) is 2.92. The number of nitrogens with one attached hydrogen (secondary N) is 2. The molecule has 1 aliphatic heterocycles. The average molecular weight is 516 g/mol. The number of aryl methyl sites for hydroxylation is 1. The first-order valence-corrected chi connectivity index (χ1v) is 12.0. The maximum absolute atomic E-state index is 13.6. The number of piperazine rings is 1. The third kappa shape index (κ3) is 5.68. The van der Waals surface area contributed by atoms with Crippen LogP contribution in [0.25, 0.3) is 0 Å². The highest BCUT2D eigenvalue weighted by molar-refractivity contribution is 6.31. The van der Waals surface area contributed by atoms with Crippen molar-refractivity contribution in [1.82, 2.24) is 19.9 Å². The van der Waals surface area contributed by atoms with Gasteiger partial charge in [-0.1, -0.05) is 29.3 Å². The van der Waals surface area contributed by atoms with E-state index >= 15 is 0 Å². The van der Waals surface area contributed by atoms with Crippen molar-refractivity contribution in [2.24, 2.45) is 0 Å². The number of anilines is 6. The van der Waals surface area contributed by atoms with Gasteiger partial charge in [0.1, 0.15) is 17.7 Å². The van der Waals surface area contributed by atoms with Crippen molar-refractivity contribution in [3.8, 4) is 6.07 Å². The summed E-state index contributed by atoms with van der Waals surface area (Å²) in [7, 11) is 0. The Bertz CT molecular complexity index is 1450. The smallest absolute Gasteiger partial charge is 0.233 e. The molecule has 4 aromatic rings. The van der Waals surface area contributed by atoms with Crippen LogP contribution in [0, 0.1) is 24.1 Å². The molecule has 3 heterocycles. The van der Waals surface area contributed by atoms with Gasteiger partial charge in [0.25, 0.3) is 0 Å². The lowest BCUT2D eigenvalue weighted by molar-refractivity contribution is 0.628. The number of nitrogens with zero attached hydrogens (tertiary/aromatic N) is 7. The Morgan fingerprint density at radius 1 is 0.892 bits per heavy atom. The second-order valence-electron chi connectivity index (χ2n) is 8.49. The number of hydrogen-bond donors (Lipinski definition) is 2. The van der Waals surface area contributed by atoms with E-state index in [0.29, 0.717) is 61.1 Å². The molecule has 0 saturated carbocycles. The second-order valence-corrected chi connectivity index (χ2v) is 8.90. The van der Waals surface area contributed by atoms with E-state index in [0.717, 1.165) is 11.3 Å². The van der Waals surface area contributed by atoms with E-state index < -0.39 is 5.82 Å². The monoisotopic (exact) mass is 515 g/mol. The molecular weight excluding hydrogens is 493 g/mol. The van der Waals surface area contributed by atoms with Crippen LogP contribution in [0.2, 0.25) is 5.02 Å². The molecule has 0 amide bonds. The molecule has 2 N–H and O–H groups in total. The molecule has 9 nitrogen and oxygen atoms in total. The zero-order valence-electron chi connectivity index (χ0n) is 20.0. The number of halogens is 2. The number of aromatic nitrogens is 4. The Kier molecular flexibility index (Phi) is 6.96. The second kappa shape index (κ2) is 10.6. The topological polar surface area (TPSA) is 106 Å². The van der Waals surface area contributed by atoms with Gasteiger partial charge >= 0.3 is 0 Å². The lowest BCUT2D eigenvalue weighted by Crippen LogP contribution is -2.47. The Labute approximate surface area is 218 Å². The van der Waals surface area contributed by atoms with Gasteiger partial charge < -0.3 is 20.4 Å². The summed E-state index contributed by atoms with van der Waals surface area (Å²) in [5, 5.41) is 15.8. The molecule has 5 rings (SSSR count). The maximum Gasteiger partial charge on any atom is 0.233 e. The lowest BCUT2D eigenvalue weighted by Gasteiger charge is -2.35. The molecule has 1 saturated heterocycles. The van der Waals surface area contributed by atoms with Gasteiger partial charge in [0, 0.05) is 43.8 Å². The van der Waals surface area contributed by atoms with Gasteiger partial charge in [-0.2, -0.15) is 20.2 Å². The van der Waals surface area contributed by atoms with E-state index in [1.807, 2.05) is 31.2 Å². The van der Waals surface area contributed by atoms with Crippen LogP contribution in [-0.2, 0) is 0 Å². The largest absolute Gasteiger partial charge is 0.352 e. The highest BCUT2D eigenvalue weighted by atomic mass is 35.5. The molecule has 0 radical (unpaired) electrons. The minimum Gasteiger partial charge on any atom is -0.352 e. The fourth-order valence-corrected chi connectivity index (χ4v) is 4.12. The summed E-state index contributed by atoms with van der Waals surface area (Å²) in [6.07, 6.45) is 1.69. The lowest BCUT2D eigenvalue weighted by atomic mass is 10.2. The van der Waals surface area contributed by atoms with Crippen LogP contribution in [0.3, 0.4) is 0 Å². The van der Waals surface area contributed by atoms with E-state index in [1.165, 1.54) is 12.1 Å². The number of pyridine rings is 1. The molecule has 1 fully saturated rings. The van der Waals surface area contributed by atoms with Crippen LogP contribution in [0.15, 0.2) is 60.8 Å². The molecular formula is C26H23ClFN9. The zero-order chi connectivity index (χ0) is 25.8. The summed E-state index contributed by atoms with van der Waals surface area (Å²) in [4.78, 5) is 22.3. The standard InChI is InChI=1S/C26H23ClFN9/c1-17-4-6-19(7-5-17)31-24-33-25(32-20-8-9-22(28)21(27)15-20)35-26(34-24)37-13-11-36(12-14-37)23-18(16-29)3-2-10-30-23/h2-10,15H,11-14H2,1H3,(H2,31,32,33,34,35). The Morgan fingerprint density at radius 2 is 1.54 bits per heavy atom. The molecule has 0 atom stereocenters. The van der Waals surface area contributed by atoms with Crippen molar-refractivity contribution in [1.29, 1.82) is 5.26 Å². The molecule has 0 unspecified atom stereocenters. The SMILES string of the molecule is Cc1ccc(Nc2nc(Nc3ccc(F)c(Cl)c3)nc(N3CCN(c4ncccc4C#N)CC3)n2)cc1. The molecule has 2 aromatic carbocycles. The zero-order valence-corrected chi connectivity index (χ0v) is 20.7. The molecule has 11 heteroatoms. The van der Waals surface area contributed by atoms with Gasteiger partial charge in [0.2, 0.25) is 17.8 Å². The number of benzene rings is 2. The quantitative estimate of drug-likeness (QED) is 0.364. The fourth-order valence-electron chi connectivity index (χ4n) is 3.94. The first-order chi connectivity index (χ1) is 18.0. The third-order valence-corrected chi connectivity index (χ3v) is 6.17. The summed E-state index contributed by atoms with van der Waals surface area (Å²) >= 11 is 5.95. The normalized spacial score (nSPS) is 13.2. The van der Waals surface area contributed by atoms with Crippen LogP contribution < -0.4 is 20.4 Å². The van der Waals surface area contributed by atoms with Crippen LogP contribution in [0.1, 0.15) is 11.1 Å². The maximum atomic E-state index is 13.6. The summed E-state index contributed by atoms with van der Waals surface area (Å²) in [5.41, 5.74) is 3.07. The van der Waals surface area contributed by atoms with Gasteiger partial charge in [-0.25, -0.2) is 9.37 Å². The van der Waals surface area contributed by atoms with Crippen molar-refractivity contribution >= 4 is 46.6 Å². The minimum absolute atomic E-state index is 0.000310. The van der Waals surface area contributed by atoms with E-state index in [-0.39, 0.29) is 5.02 Å². The van der Waals surface area contributed by atoms with Crippen LogP contribution in [0.4, 0.5) is 39.4 Å². The summed E-state index contributed by atoms with van der Waals surface area (Å²) < 4.78 is 13.6. The molecule has 0 bridgehead atoms. The van der Waals surface area contributed by atoms with E-state index in [1.54, 1.807) is 24.4 Å². The van der Waals surface area contributed by atoms with E-state index in [4.69, 9.17) is 11.6 Å². The van der Waals surface area contributed by atoms with Gasteiger partial charge in [0.05, 0.1) is 10.6 Å². The van der Waals surface area contributed by atoms with Crippen molar-refractivity contribution in [2.75, 3.05) is 46.6 Å². The van der Waals surface area contributed by atoms with E-state index in [9.17, 15) is 9.65 Å². The summed E-state index contributed by atoms with van der Waals surface area (Å²) in [6.45, 7) is 4.56. The van der Waals surface area contributed by atoms with E-state index in [2.05, 4.69) is 46.4 Å². The van der Waals surface area contributed by atoms with Crippen molar-refractivity contribution < 1.29 is 4.39 Å². The minimum atomic E-state index is -0.504. The van der Waals surface area contributed by atoms with Crippen molar-refractivity contribution in [3.63, 3.8) is 0 Å². The molecule has 1 aliphatic rings. The summed E-state index contributed by atoms with van der Waals surface area (Å²) in [6, 6.07) is 17.9. The first kappa shape index (κ1) is 24.2. The highest BCUT2D eigenvalue weighted by Gasteiger charge is 2.23. The molecule has 2 aromatic heterocycles. The van der Waals surface area contributed by atoms with Crippen molar-refractivity contribution in [3.05, 3.63) is 82.8 Å². The fraction of sp³-hybridized carbons (Fsp3) is 0.192. The summed E-state index contributed by atoms with van der Waals surface area (Å²) in [5.74, 6) is 1.32. The third-order valence-electron chi connectivity index (χ3n) is 5.88. The predicted octanol–water partition coefficient (Wildman–Crippen LogP) is 5.05. The number of hydrogen-bond acceptors (Lipinski definition) is 9. The molecule has 0 spiro atoms. The van der Waals surface area contributed by atoms with Crippen LogP contribution >= 0.6 is 11.6 Å².